The predicted octanol–water partition coefficient (Wildman–Crippen LogP) is 3.92. The van der Waals surface area contributed by atoms with E-state index in [1.165, 1.54) is 6.07 Å². The predicted molar refractivity (Wildman–Crippen MR) is 65.1 cm³/mol. The normalized spacial score (nSPS) is 24.8. The molecule has 0 spiro atoms. The van der Waals surface area contributed by atoms with E-state index < -0.39 is 11.6 Å². The van der Waals surface area contributed by atoms with Crippen molar-refractivity contribution in [3.63, 3.8) is 0 Å². The fourth-order valence-electron chi connectivity index (χ4n) is 2.30. The van der Waals surface area contributed by atoms with Crippen molar-refractivity contribution >= 4 is 11.6 Å². The van der Waals surface area contributed by atoms with Crippen molar-refractivity contribution in [2.45, 2.75) is 26.3 Å². The first kappa shape index (κ1) is 12.8. The Hall–Kier alpha value is -0.670. The average molecular weight is 260 g/mol. The van der Waals surface area contributed by atoms with Gasteiger partial charge in [-0.1, -0.05) is 25.4 Å². The highest BCUT2D eigenvalue weighted by molar-refractivity contribution is 6.31. The molecule has 1 fully saturated rings. The van der Waals surface area contributed by atoms with Crippen LogP contribution >= 0.6 is 11.6 Å². The SMILES string of the molecule is CCNC(c1cc(F)c(F)cc1Cl)C1CC1C. The smallest absolute Gasteiger partial charge is 0.160 e. The van der Waals surface area contributed by atoms with Gasteiger partial charge < -0.3 is 5.32 Å². The van der Waals surface area contributed by atoms with Crippen molar-refractivity contribution in [1.29, 1.82) is 0 Å². The lowest BCUT2D eigenvalue weighted by molar-refractivity contribution is 0.464. The summed E-state index contributed by atoms with van der Waals surface area (Å²) in [6, 6.07) is 2.30. The Labute approximate surface area is 105 Å². The summed E-state index contributed by atoms with van der Waals surface area (Å²) in [5.41, 5.74) is 0.668. The molecule has 3 atom stereocenters. The van der Waals surface area contributed by atoms with Crippen LogP contribution in [-0.2, 0) is 0 Å². The lowest BCUT2D eigenvalue weighted by Gasteiger charge is -2.20. The Morgan fingerprint density at radius 2 is 2.00 bits per heavy atom. The van der Waals surface area contributed by atoms with Gasteiger partial charge in [0.05, 0.1) is 0 Å². The van der Waals surface area contributed by atoms with E-state index in [4.69, 9.17) is 11.6 Å². The highest BCUT2D eigenvalue weighted by Gasteiger charge is 2.40. The molecule has 0 radical (unpaired) electrons. The van der Waals surface area contributed by atoms with Gasteiger partial charge >= 0.3 is 0 Å². The van der Waals surface area contributed by atoms with Crippen molar-refractivity contribution in [3.8, 4) is 0 Å². The minimum Gasteiger partial charge on any atom is -0.310 e. The summed E-state index contributed by atoms with van der Waals surface area (Å²) in [6.07, 6.45) is 1.10. The summed E-state index contributed by atoms with van der Waals surface area (Å²) in [4.78, 5) is 0. The molecule has 0 aliphatic heterocycles. The third-order valence-electron chi connectivity index (χ3n) is 3.40. The van der Waals surface area contributed by atoms with Gasteiger partial charge in [-0.25, -0.2) is 8.78 Å². The van der Waals surface area contributed by atoms with Gasteiger partial charge in [0.1, 0.15) is 0 Å². The summed E-state index contributed by atoms with van der Waals surface area (Å²) in [5.74, 6) is -0.640. The fourth-order valence-corrected chi connectivity index (χ4v) is 2.57. The van der Waals surface area contributed by atoms with Crippen molar-refractivity contribution in [2.24, 2.45) is 11.8 Å². The minimum atomic E-state index is -0.891. The summed E-state index contributed by atoms with van der Waals surface area (Å²) in [7, 11) is 0. The van der Waals surface area contributed by atoms with E-state index in [0.717, 1.165) is 19.0 Å². The lowest BCUT2D eigenvalue weighted by Crippen LogP contribution is -2.23. The van der Waals surface area contributed by atoms with Crippen LogP contribution < -0.4 is 5.32 Å². The second-order valence-electron chi connectivity index (χ2n) is 4.70. The van der Waals surface area contributed by atoms with Crippen LogP contribution in [0.25, 0.3) is 0 Å². The summed E-state index contributed by atoms with van der Waals surface area (Å²) < 4.78 is 26.3. The first-order chi connectivity index (χ1) is 8.04. The van der Waals surface area contributed by atoms with Gasteiger partial charge in [0.25, 0.3) is 0 Å². The zero-order valence-electron chi connectivity index (χ0n) is 9.93. The van der Waals surface area contributed by atoms with Crippen LogP contribution in [0.3, 0.4) is 0 Å². The Bertz CT molecular complexity index is 422. The second kappa shape index (κ2) is 4.91. The second-order valence-corrected chi connectivity index (χ2v) is 5.11. The number of hydrogen-bond donors (Lipinski definition) is 1. The molecule has 3 unspecified atom stereocenters. The van der Waals surface area contributed by atoms with E-state index in [0.29, 0.717) is 22.4 Å². The molecule has 1 aliphatic carbocycles. The van der Waals surface area contributed by atoms with Crippen LogP contribution in [-0.4, -0.2) is 6.54 Å². The van der Waals surface area contributed by atoms with Gasteiger partial charge in [0.15, 0.2) is 11.6 Å². The maximum atomic E-state index is 13.3. The molecule has 0 saturated heterocycles. The quantitative estimate of drug-likeness (QED) is 0.808. The van der Waals surface area contributed by atoms with Crippen LogP contribution in [0.5, 0.6) is 0 Å². The first-order valence-electron chi connectivity index (χ1n) is 5.92. The zero-order chi connectivity index (χ0) is 12.6. The number of hydrogen-bond acceptors (Lipinski definition) is 1. The van der Waals surface area contributed by atoms with Crippen LogP contribution in [0.2, 0.25) is 5.02 Å². The van der Waals surface area contributed by atoms with Gasteiger partial charge in [-0.2, -0.15) is 0 Å². The topological polar surface area (TPSA) is 12.0 Å². The molecule has 1 aromatic rings. The number of rotatable bonds is 4. The highest BCUT2D eigenvalue weighted by Crippen LogP contribution is 2.48. The Morgan fingerprint density at radius 3 is 2.53 bits per heavy atom. The molecule has 1 N–H and O–H groups in total. The van der Waals surface area contributed by atoms with Crippen molar-refractivity contribution in [1.82, 2.24) is 5.32 Å². The largest absolute Gasteiger partial charge is 0.310 e. The van der Waals surface area contributed by atoms with E-state index in [2.05, 4.69) is 12.2 Å². The maximum absolute atomic E-state index is 13.3. The van der Waals surface area contributed by atoms with E-state index in [1.54, 1.807) is 0 Å². The molecule has 1 aliphatic rings. The van der Waals surface area contributed by atoms with Crippen molar-refractivity contribution in [3.05, 3.63) is 34.4 Å². The summed E-state index contributed by atoms with van der Waals surface area (Å²) in [6.45, 7) is 4.93. The van der Waals surface area contributed by atoms with Crippen molar-refractivity contribution in [2.75, 3.05) is 6.54 Å². The standard InChI is InChI=1S/C13H16ClF2N/c1-3-17-13(8-4-7(8)2)9-5-11(15)12(16)6-10(9)14/h5-8,13,17H,3-4H2,1-2H3. The van der Waals surface area contributed by atoms with Gasteiger partial charge in [0.2, 0.25) is 0 Å². The van der Waals surface area contributed by atoms with Crippen LogP contribution in [0.4, 0.5) is 8.78 Å². The molecule has 0 heterocycles. The Balaban J connectivity index is 2.32. The van der Waals surface area contributed by atoms with Gasteiger partial charge in [-0.15, -0.1) is 0 Å². The fraction of sp³-hybridized carbons (Fsp3) is 0.538. The van der Waals surface area contributed by atoms with Crippen LogP contribution in [0.1, 0.15) is 31.9 Å². The van der Waals surface area contributed by atoms with Gasteiger partial charge in [-0.3, -0.25) is 0 Å². The van der Waals surface area contributed by atoms with E-state index in [1.807, 2.05) is 6.92 Å². The monoisotopic (exact) mass is 259 g/mol. The molecule has 94 valence electrons. The first-order valence-corrected chi connectivity index (χ1v) is 6.30. The van der Waals surface area contributed by atoms with Gasteiger partial charge in [0, 0.05) is 11.1 Å². The summed E-state index contributed by atoms with van der Waals surface area (Å²) >= 11 is 6.00. The molecule has 0 amide bonds. The summed E-state index contributed by atoms with van der Waals surface area (Å²) in [5, 5.41) is 3.61. The molecule has 1 saturated carbocycles. The van der Waals surface area contributed by atoms with Crippen LogP contribution in [0.15, 0.2) is 12.1 Å². The van der Waals surface area contributed by atoms with E-state index in [9.17, 15) is 8.78 Å². The van der Waals surface area contributed by atoms with E-state index >= 15 is 0 Å². The third-order valence-corrected chi connectivity index (χ3v) is 3.73. The number of benzene rings is 1. The van der Waals surface area contributed by atoms with Crippen LogP contribution in [0, 0.1) is 23.5 Å². The molecule has 2 rings (SSSR count). The minimum absolute atomic E-state index is 0.0256. The molecular weight excluding hydrogens is 244 g/mol. The van der Waals surface area contributed by atoms with E-state index in [-0.39, 0.29) is 6.04 Å². The molecule has 1 nitrogen and oxygen atoms in total. The van der Waals surface area contributed by atoms with Crippen molar-refractivity contribution < 1.29 is 8.78 Å². The lowest BCUT2D eigenvalue weighted by atomic mass is 10.0. The highest BCUT2D eigenvalue weighted by atomic mass is 35.5. The molecule has 4 heteroatoms. The number of halogens is 3. The molecule has 17 heavy (non-hydrogen) atoms. The maximum Gasteiger partial charge on any atom is 0.160 e. The molecule has 1 aromatic carbocycles. The number of nitrogens with one attached hydrogen (secondary N) is 1. The Kier molecular flexibility index (Phi) is 3.69. The Morgan fingerprint density at radius 1 is 1.41 bits per heavy atom. The third kappa shape index (κ3) is 2.61. The molecular formula is C13H16ClF2N. The average Bonchev–Trinajstić information content (AvgIpc) is 2.98. The molecule has 0 bridgehead atoms. The zero-order valence-corrected chi connectivity index (χ0v) is 10.7. The molecule has 0 aromatic heterocycles. The van der Waals surface area contributed by atoms with Gasteiger partial charge in [-0.05, 0) is 42.5 Å².